The zero-order valence-corrected chi connectivity index (χ0v) is 20.4. The first-order valence-electron chi connectivity index (χ1n) is 11.1. The molecule has 0 aliphatic rings. The minimum Gasteiger partial charge on any atom is -0.350 e. The van der Waals surface area contributed by atoms with Gasteiger partial charge in [-0.15, -0.1) is 10.2 Å². The number of benzene rings is 2. The van der Waals surface area contributed by atoms with Gasteiger partial charge < -0.3 is 4.57 Å². The van der Waals surface area contributed by atoms with Gasteiger partial charge in [0, 0.05) is 36.1 Å². The molecule has 33 heavy (non-hydrogen) atoms. The summed E-state index contributed by atoms with van der Waals surface area (Å²) in [6.45, 7) is 5.65. The second-order valence-electron chi connectivity index (χ2n) is 8.06. The summed E-state index contributed by atoms with van der Waals surface area (Å²) in [6.07, 6.45) is 6.25. The zero-order chi connectivity index (χ0) is 23.2. The van der Waals surface area contributed by atoms with E-state index in [0.717, 1.165) is 41.1 Å². The van der Waals surface area contributed by atoms with Gasteiger partial charge in [-0.25, -0.2) is 0 Å². The van der Waals surface area contributed by atoms with E-state index >= 15 is 0 Å². The fourth-order valence-electron chi connectivity index (χ4n) is 3.73. The number of nitrogens with zero attached hydrogens (tertiary/aromatic N) is 4. The van der Waals surface area contributed by atoms with Crippen LogP contribution in [0.2, 0.25) is 5.02 Å². The zero-order valence-electron chi connectivity index (χ0n) is 18.9. The van der Waals surface area contributed by atoms with Crippen molar-refractivity contribution < 1.29 is 4.79 Å². The van der Waals surface area contributed by atoms with Crippen LogP contribution in [0.4, 0.5) is 5.13 Å². The van der Waals surface area contributed by atoms with Crippen LogP contribution in [0.3, 0.4) is 0 Å². The molecule has 2 aromatic carbocycles. The molecule has 0 N–H and O–H groups in total. The topological polar surface area (TPSA) is 51.0 Å². The summed E-state index contributed by atoms with van der Waals surface area (Å²) in [5.41, 5.74) is 4.25. The molecule has 0 atom stereocenters. The van der Waals surface area contributed by atoms with Crippen LogP contribution >= 0.6 is 22.9 Å². The van der Waals surface area contributed by atoms with Gasteiger partial charge >= 0.3 is 0 Å². The van der Waals surface area contributed by atoms with E-state index in [1.54, 1.807) is 4.90 Å². The first-order chi connectivity index (χ1) is 16.0. The molecule has 2 heterocycles. The van der Waals surface area contributed by atoms with Gasteiger partial charge in [0.15, 0.2) is 0 Å². The molecule has 0 spiro atoms. The Bertz CT molecular complexity index is 1220. The van der Waals surface area contributed by atoms with E-state index < -0.39 is 0 Å². The molecule has 0 aliphatic heterocycles. The van der Waals surface area contributed by atoms with E-state index in [1.807, 2.05) is 36.4 Å². The van der Waals surface area contributed by atoms with Gasteiger partial charge in [0.25, 0.3) is 0 Å². The quantitative estimate of drug-likeness (QED) is 0.280. The molecule has 4 aromatic rings. The Hall–Kier alpha value is -2.96. The Morgan fingerprint density at radius 3 is 2.61 bits per heavy atom. The van der Waals surface area contributed by atoms with Crippen molar-refractivity contribution in [3.63, 3.8) is 0 Å². The molecule has 0 saturated carbocycles. The molecule has 0 fully saturated rings. The minimum absolute atomic E-state index is 0.0157. The number of aryl methyl sites for hydroxylation is 1. The highest BCUT2D eigenvalue weighted by Crippen LogP contribution is 2.32. The highest BCUT2D eigenvalue weighted by atomic mass is 35.5. The van der Waals surface area contributed by atoms with Crippen LogP contribution < -0.4 is 4.90 Å². The van der Waals surface area contributed by atoms with E-state index in [2.05, 4.69) is 59.2 Å². The lowest BCUT2D eigenvalue weighted by atomic mass is 10.1. The Kier molecular flexibility index (Phi) is 7.57. The Balaban J connectivity index is 1.55. The summed E-state index contributed by atoms with van der Waals surface area (Å²) in [7, 11) is 0. The van der Waals surface area contributed by atoms with Crippen molar-refractivity contribution >= 4 is 34.0 Å². The first kappa shape index (κ1) is 23.2. The second-order valence-corrected chi connectivity index (χ2v) is 9.42. The van der Waals surface area contributed by atoms with Crippen molar-refractivity contribution in [3.05, 3.63) is 88.7 Å². The Morgan fingerprint density at radius 2 is 1.88 bits per heavy atom. The average molecular weight is 479 g/mol. The van der Waals surface area contributed by atoms with Gasteiger partial charge in [-0.1, -0.05) is 72.7 Å². The van der Waals surface area contributed by atoms with Gasteiger partial charge in [0.1, 0.15) is 5.01 Å². The third-order valence-electron chi connectivity index (χ3n) is 5.53. The molecule has 170 valence electrons. The predicted molar refractivity (Wildman–Crippen MR) is 136 cm³/mol. The number of carbonyl (C=O) groups is 1. The lowest BCUT2D eigenvalue weighted by molar-refractivity contribution is -0.118. The van der Waals surface area contributed by atoms with Crippen LogP contribution in [0, 0.1) is 6.92 Å². The Morgan fingerprint density at radius 1 is 1.09 bits per heavy atom. The van der Waals surface area contributed by atoms with Crippen molar-refractivity contribution in [3.8, 4) is 10.6 Å². The molecule has 4 rings (SSSR count). The predicted octanol–water partition coefficient (Wildman–Crippen LogP) is 6.39. The summed E-state index contributed by atoms with van der Waals surface area (Å²) in [4.78, 5) is 14.9. The second kappa shape index (κ2) is 10.8. The van der Waals surface area contributed by atoms with Crippen LogP contribution in [0.15, 0.2) is 67.0 Å². The van der Waals surface area contributed by atoms with Gasteiger partial charge in [0.2, 0.25) is 11.0 Å². The van der Waals surface area contributed by atoms with Crippen LogP contribution in [-0.4, -0.2) is 27.2 Å². The van der Waals surface area contributed by atoms with Crippen molar-refractivity contribution in [2.24, 2.45) is 0 Å². The number of anilines is 1. The van der Waals surface area contributed by atoms with Gasteiger partial charge in [-0.3, -0.25) is 9.69 Å². The Labute approximate surface area is 203 Å². The molecule has 0 radical (unpaired) electrons. The molecule has 1 amide bonds. The number of hydrogen-bond donors (Lipinski definition) is 0. The van der Waals surface area contributed by atoms with Gasteiger partial charge in [-0.2, -0.15) is 0 Å². The fraction of sp³-hybridized carbons (Fsp3) is 0.269. The molecule has 2 aromatic heterocycles. The normalized spacial score (nSPS) is 11.0. The number of rotatable bonds is 9. The first-order valence-corrected chi connectivity index (χ1v) is 12.3. The molecular weight excluding hydrogens is 452 g/mol. The highest BCUT2D eigenvalue weighted by molar-refractivity contribution is 7.18. The van der Waals surface area contributed by atoms with Gasteiger partial charge in [0.05, 0.1) is 6.42 Å². The number of unbranched alkanes of at least 4 members (excludes halogenated alkanes) is 1. The number of hydrogen-bond acceptors (Lipinski definition) is 4. The van der Waals surface area contributed by atoms with Crippen molar-refractivity contribution in [2.75, 3.05) is 11.4 Å². The fourth-order valence-corrected chi connectivity index (χ4v) is 4.91. The number of amides is 1. The van der Waals surface area contributed by atoms with E-state index in [9.17, 15) is 4.79 Å². The van der Waals surface area contributed by atoms with E-state index in [4.69, 9.17) is 11.6 Å². The van der Waals surface area contributed by atoms with Crippen LogP contribution in [-0.2, 0) is 17.8 Å². The molecule has 0 unspecified atom stereocenters. The monoisotopic (exact) mass is 478 g/mol. The number of aromatic nitrogens is 3. The molecule has 5 nitrogen and oxygen atoms in total. The summed E-state index contributed by atoms with van der Waals surface area (Å²) in [6, 6.07) is 17.9. The molecule has 0 saturated heterocycles. The van der Waals surface area contributed by atoms with Crippen LogP contribution in [0.5, 0.6) is 0 Å². The molecule has 7 heteroatoms. The lowest BCUT2D eigenvalue weighted by Crippen LogP contribution is -2.33. The average Bonchev–Trinajstić information content (AvgIpc) is 3.48. The van der Waals surface area contributed by atoms with Crippen LogP contribution in [0.25, 0.3) is 10.6 Å². The summed E-state index contributed by atoms with van der Waals surface area (Å²) in [5.74, 6) is -0.0157. The lowest BCUT2D eigenvalue weighted by Gasteiger charge is -2.19. The molecule has 0 bridgehead atoms. The maximum Gasteiger partial charge on any atom is 0.233 e. The largest absolute Gasteiger partial charge is 0.350 e. The highest BCUT2D eigenvalue weighted by Gasteiger charge is 2.21. The molecule has 0 aliphatic carbocycles. The van der Waals surface area contributed by atoms with E-state index in [-0.39, 0.29) is 12.3 Å². The maximum atomic E-state index is 13.2. The van der Waals surface area contributed by atoms with Crippen molar-refractivity contribution in [1.29, 1.82) is 0 Å². The standard InChI is InChI=1S/C26H27ClN4OS/c1-3-4-15-31(24(32)17-21-9-5-6-10-23(21)27)26-29-28-25(33-26)22-12-11-20(16-19(22)2)18-30-13-7-8-14-30/h5-14,16H,3-4,15,17-18H2,1-2H3. The molecular formula is C26H27ClN4OS. The number of halogens is 1. The maximum absolute atomic E-state index is 13.2. The van der Waals surface area contributed by atoms with Gasteiger partial charge in [-0.05, 0) is 48.2 Å². The number of carbonyl (C=O) groups excluding carboxylic acids is 1. The smallest absolute Gasteiger partial charge is 0.233 e. The minimum atomic E-state index is -0.0157. The third-order valence-corrected chi connectivity index (χ3v) is 6.88. The van der Waals surface area contributed by atoms with Crippen molar-refractivity contribution in [2.45, 2.75) is 39.7 Å². The van der Waals surface area contributed by atoms with E-state index in [1.165, 1.54) is 16.9 Å². The van der Waals surface area contributed by atoms with E-state index in [0.29, 0.717) is 16.7 Å². The summed E-state index contributed by atoms with van der Waals surface area (Å²) < 4.78 is 2.15. The SMILES string of the molecule is CCCCN(C(=O)Cc1ccccc1Cl)c1nnc(-c2ccc(Cn3cccc3)cc2C)s1. The summed E-state index contributed by atoms with van der Waals surface area (Å²) >= 11 is 7.74. The third kappa shape index (κ3) is 5.70. The van der Waals surface area contributed by atoms with Crippen LogP contribution in [0.1, 0.15) is 36.5 Å². The summed E-state index contributed by atoms with van der Waals surface area (Å²) in [5, 5.41) is 10.9. The van der Waals surface area contributed by atoms with Crippen molar-refractivity contribution in [1.82, 2.24) is 14.8 Å².